The number of esters is 1. The predicted molar refractivity (Wildman–Crippen MR) is 66.3 cm³/mol. The molecule has 8 heteroatoms. The van der Waals surface area contributed by atoms with Crippen molar-refractivity contribution in [3.05, 3.63) is 10.4 Å². The van der Waals surface area contributed by atoms with E-state index in [2.05, 4.69) is 10.0 Å². The van der Waals surface area contributed by atoms with Crippen LogP contribution in [0.2, 0.25) is 0 Å². The Morgan fingerprint density at radius 3 is 2.47 bits per heavy atom. The second-order valence-electron chi connectivity index (χ2n) is 5.31. The lowest BCUT2D eigenvalue weighted by Crippen LogP contribution is -2.36. The SMILES string of the molecule is CC(=O)OC1CN(C(=O)OC(C)(C)C)CC1N=[N+]=[N-]. The molecule has 1 aliphatic heterocycles. The van der Waals surface area contributed by atoms with Crippen molar-refractivity contribution in [1.82, 2.24) is 4.90 Å². The first kappa shape index (κ1) is 15.1. The van der Waals surface area contributed by atoms with E-state index in [4.69, 9.17) is 15.0 Å². The summed E-state index contributed by atoms with van der Waals surface area (Å²) in [5.41, 5.74) is 7.87. The minimum atomic E-state index is -0.624. The van der Waals surface area contributed by atoms with E-state index in [-0.39, 0.29) is 13.1 Å². The number of amides is 1. The number of carbonyl (C=O) groups excluding carboxylic acids is 2. The maximum absolute atomic E-state index is 11.9. The molecule has 0 saturated carbocycles. The second-order valence-corrected chi connectivity index (χ2v) is 5.31. The van der Waals surface area contributed by atoms with Gasteiger partial charge in [-0.05, 0) is 26.3 Å². The summed E-state index contributed by atoms with van der Waals surface area (Å²) in [4.78, 5) is 26.9. The lowest BCUT2D eigenvalue weighted by atomic mass is 10.2. The summed E-state index contributed by atoms with van der Waals surface area (Å²) in [6, 6.07) is -0.582. The van der Waals surface area contributed by atoms with Crippen LogP contribution in [0.1, 0.15) is 27.7 Å². The average molecular weight is 270 g/mol. The molecule has 2 unspecified atom stereocenters. The van der Waals surface area contributed by atoms with Crippen molar-refractivity contribution in [3.8, 4) is 0 Å². The summed E-state index contributed by atoms with van der Waals surface area (Å²) in [5.74, 6) is -0.478. The third-order valence-electron chi connectivity index (χ3n) is 2.41. The van der Waals surface area contributed by atoms with Gasteiger partial charge in [0.15, 0.2) is 0 Å². The Bertz CT molecular complexity index is 411. The molecule has 1 amide bonds. The number of rotatable bonds is 2. The van der Waals surface area contributed by atoms with E-state index >= 15 is 0 Å². The molecule has 1 fully saturated rings. The first-order chi connectivity index (χ1) is 8.73. The number of ether oxygens (including phenoxy) is 2. The van der Waals surface area contributed by atoms with E-state index in [9.17, 15) is 9.59 Å². The summed E-state index contributed by atoms with van der Waals surface area (Å²) in [7, 11) is 0. The zero-order chi connectivity index (χ0) is 14.6. The van der Waals surface area contributed by atoms with Crippen LogP contribution in [-0.2, 0) is 14.3 Å². The average Bonchev–Trinajstić information content (AvgIpc) is 2.59. The van der Waals surface area contributed by atoms with Gasteiger partial charge in [0.05, 0.1) is 12.6 Å². The normalized spacial score (nSPS) is 22.6. The number of hydrogen-bond acceptors (Lipinski definition) is 5. The van der Waals surface area contributed by atoms with Gasteiger partial charge < -0.3 is 14.4 Å². The maximum Gasteiger partial charge on any atom is 0.410 e. The van der Waals surface area contributed by atoms with Crippen LogP contribution in [0.3, 0.4) is 0 Å². The summed E-state index contributed by atoms with van der Waals surface area (Å²) in [6.07, 6.45) is -1.14. The Morgan fingerprint density at radius 2 is 2.00 bits per heavy atom. The third kappa shape index (κ3) is 4.67. The molecule has 0 aromatic carbocycles. The van der Waals surface area contributed by atoms with Crippen LogP contribution in [0.25, 0.3) is 10.4 Å². The Hall–Kier alpha value is -1.95. The Balaban J connectivity index is 2.71. The predicted octanol–water partition coefficient (Wildman–Crippen LogP) is 1.85. The van der Waals surface area contributed by atoms with Crippen molar-refractivity contribution in [3.63, 3.8) is 0 Å². The fraction of sp³-hybridized carbons (Fsp3) is 0.818. The zero-order valence-electron chi connectivity index (χ0n) is 11.5. The van der Waals surface area contributed by atoms with Crippen molar-refractivity contribution >= 4 is 12.1 Å². The van der Waals surface area contributed by atoms with Crippen LogP contribution in [0.15, 0.2) is 5.11 Å². The highest BCUT2D eigenvalue weighted by Crippen LogP contribution is 2.20. The van der Waals surface area contributed by atoms with Crippen LogP contribution in [-0.4, -0.2) is 47.8 Å². The molecule has 1 saturated heterocycles. The smallest absolute Gasteiger partial charge is 0.410 e. The summed E-state index contributed by atoms with van der Waals surface area (Å²) in [6.45, 7) is 6.89. The molecule has 0 aromatic heterocycles. The number of azide groups is 1. The van der Waals surface area contributed by atoms with Gasteiger partial charge in [0.2, 0.25) is 0 Å². The Labute approximate surface area is 111 Å². The van der Waals surface area contributed by atoms with E-state index in [1.807, 2.05) is 0 Å². The molecule has 0 aromatic rings. The highest BCUT2D eigenvalue weighted by molar-refractivity contribution is 5.69. The topological polar surface area (TPSA) is 105 Å². The van der Waals surface area contributed by atoms with Crippen molar-refractivity contribution in [2.24, 2.45) is 5.11 Å². The lowest BCUT2D eigenvalue weighted by molar-refractivity contribution is -0.146. The molecule has 1 aliphatic rings. The molecule has 106 valence electrons. The van der Waals surface area contributed by atoms with Gasteiger partial charge in [0.1, 0.15) is 11.7 Å². The van der Waals surface area contributed by atoms with Gasteiger partial charge in [-0.2, -0.15) is 0 Å². The monoisotopic (exact) mass is 270 g/mol. The highest BCUT2D eigenvalue weighted by Gasteiger charge is 2.38. The third-order valence-corrected chi connectivity index (χ3v) is 2.41. The van der Waals surface area contributed by atoms with Gasteiger partial charge in [-0.3, -0.25) is 4.79 Å². The molecule has 1 rings (SSSR count). The number of likely N-dealkylation sites (tertiary alicyclic amines) is 1. The van der Waals surface area contributed by atoms with Crippen LogP contribution in [0, 0.1) is 0 Å². The van der Waals surface area contributed by atoms with E-state index in [1.165, 1.54) is 11.8 Å². The van der Waals surface area contributed by atoms with Gasteiger partial charge >= 0.3 is 12.1 Å². The van der Waals surface area contributed by atoms with Crippen LogP contribution in [0.4, 0.5) is 4.79 Å². The summed E-state index contributed by atoms with van der Waals surface area (Å²) < 4.78 is 10.2. The minimum absolute atomic E-state index is 0.165. The van der Waals surface area contributed by atoms with Crippen molar-refractivity contribution in [1.29, 1.82) is 0 Å². The fourth-order valence-electron chi connectivity index (χ4n) is 1.74. The second kappa shape index (κ2) is 5.79. The first-order valence-electron chi connectivity index (χ1n) is 5.92. The van der Waals surface area contributed by atoms with Crippen LogP contribution >= 0.6 is 0 Å². The van der Waals surface area contributed by atoms with E-state index in [1.54, 1.807) is 20.8 Å². The molecule has 0 aliphatic carbocycles. The fourth-order valence-corrected chi connectivity index (χ4v) is 1.74. The highest BCUT2D eigenvalue weighted by atomic mass is 16.6. The van der Waals surface area contributed by atoms with Crippen LogP contribution < -0.4 is 0 Å². The van der Waals surface area contributed by atoms with Gasteiger partial charge in [-0.15, -0.1) is 0 Å². The molecule has 2 atom stereocenters. The summed E-state index contributed by atoms with van der Waals surface area (Å²) in [5, 5.41) is 3.54. The molecular weight excluding hydrogens is 252 g/mol. The Kier molecular flexibility index (Phi) is 4.61. The van der Waals surface area contributed by atoms with E-state index < -0.39 is 29.8 Å². The van der Waals surface area contributed by atoms with Crippen LogP contribution in [0.5, 0.6) is 0 Å². The van der Waals surface area contributed by atoms with E-state index in [0.717, 1.165) is 0 Å². The zero-order valence-corrected chi connectivity index (χ0v) is 11.5. The molecular formula is C11H18N4O4. The van der Waals surface area contributed by atoms with Gasteiger partial charge in [-0.1, -0.05) is 5.11 Å². The van der Waals surface area contributed by atoms with Crippen molar-refractivity contribution in [2.45, 2.75) is 45.4 Å². The molecule has 0 radical (unpaired) electrons. The number of hydrogen-bond donors (Lipinski definition) is 0. The largest absolute Gasteiger partial charge is 0.460 e. The minimum Gasteiger partial charge on any atom is -0.460 e. The summed E-state index contributed by atoms with van der Waals surface area (Å²) >= 11 is 0. The van der Waals surface area contributed by atoms with E-state index in [0.29, 0.717) is 0 Å². The van der Waals surface area contributed by atoms with Crippen molar-refractivity contribution in [2.75, 3.05) is 13.1 Å². The first-order valence-corrected chi connectivity index (χ1v) is 5.92. The molecule has 0 spiro atoms. The number of nitrogens with zero attached hydrogens (tertiary/aromatic N) is 4. The molecule has 0 bridgehead atoms. The van der Waals surface area contributed by atoms with Crippen molar-refractivity contribution < 1.29 is 19.1 Å². The number of carbonyl (C=O) groups is 2. The maximum atomic E-state index is 11.9. The molecule has 1 heterocycles. The standard InChI is InChI=1S/C11H18N4O4/c1-7(16)18-9-6-15(5-8(9)13-14-12)10(17)19-11(2,3)4/h8-9H,5-6H2,1-4H3. The molecule has 0 N–H and O–H groups in total. The van der Waals surface area contributed by atoms with Gasteiger partial charge in [0.25, 0.3) is 0 Å². The lowest BCUT2D eigenvalue weighted by Gasteiger charge is -2.24. The quantitative estimate of drug-likeness (QED) is 0.330. The van der Waals surface area contributed by atoms with Gasteiger partial charge in [0, 0.05) is 18.4 Å². The molecule has 19 heavy (non-hydrogen) atoms. The van der Waals surface area contributed by atoms with Gasteiger partial charge in [-0.25, -0.2) is 4.79 Å². The molecule has 8 nitrogen and oxygen atoms in total. The Morgan fingerprint density at radius 1 is 1.37 bits per heavy atom.